The molecule has 1 saturated heterocycles. The Morgan fingerprint density at radius 3 is 2.70 bits per heavy atom. The maximum atomic E-state index is 9.67. The molecule has 1 aromatic rings. The summed E-state index contributed by atoms with van der Waals surface area (Å²) in [5, 5.41) is 16.2. The summed E-state index contributed by atoms with van der Waals surface area (Å²) in [6, 6.07) is 1.82. The SMILES string of the molecule is CCCNc1cc(NC2(CO)CCOCC2)nc(N)n1. The number of nitrogens with one attached hydrogen (secondary N) is 2. The summed E-state index contributed by atoms with van der Waals surface area (Å²) >= 11 is 0. The van der Waals surface area contributed by atoms with Crippen LogP contribution in [-0.4, -0.2) is 47.0 Å². The molecule has 1 fully saturated rings. The quantitative estimate of drug-likeness (QED) is 0.612. The molecule has 7 heteroatoms. The number of hydrogen-bond donors (Lipinski definition) is 4. The minimum atomic E-state index is -0.388. The highest BCUT2D eigenvalue weighted by atomic mass is 16.5. The van der Waals surface area contributed by atoms with E-state index < -0.39 is 0 Å². The van der Waals surface area contributed by atoms with E-state index in [0.29, 0.717) is 24.8 Å². The first-order valence-corrected chi connectivity index (χ1v) is 7.03. The van der Waals surface area contributed by atoms with Crippen LogP contribution in [0.4, 0.5) is 17.6 Å². The van der Waals surface area contributed by atoms with Crippen molar-refractivity contribution in [1.82, 2.24) is 9.97 Å². The average molecular weight is 281 g/mol. The molecule has 1 aliphatic rings. The first-order chi connectivity index (χ1) is 9.67. The molecule has 0 bridgehead atoms. The van der Waals surface area contributed by atoms with E-state index in [0.717, 1.165) is 25.8 Å². The van der Waals surface area contributed by atoms with Gasteiger partial charge in [-0.15, -0.1) is 0 Å². The van der Waals surface area contributed by atoms with Crippen LogP contribution < -0.4 is 16.4 Å². The second-order valence-electron chi connectivity index (χ2n) is 5.10. The van der Waals surface area contributed by atoms with E-state index in [1.54, 1.807) is 0 Å². The van der Waals surface area contributed by atoms with Crippen molar-refractivity contribution >= 4 is 17.6 Å². The van der Waals surface area contributed by atoms with E-state index in [1.165, 1.54) is 0 Å². The normalized spacial score (nSPS) is 17.7. The Hall–Kier alpha value is -1.60. The molecule has 0 aliphatic carbocycles. The van der Waals surface area contributed by atoms with Gasteiger partial charge in [0.05, 0.1) is 12.1 Å². The summed E-state index contributed by atoms with van der Waals surface area (Å²) < 4.78 is 5.34. The van der Waals surface area contributed by atoms with E-state index in [-0.39, 0.29) is 18.1 Å². The van der Waals surface area contributed by atoms with Crippen molar-refractivity contribution in [2.24, 2.45) is 0 Å². The number of ether oxygens (including phenoxy) is 1. The van der Waals surface area contributed by atoms with E-state index in [4.69, 9.17) is 10.5 Å². The fourth-order valence-corrected chi connectivity index (χ4v) is 2.23. The lowest BCUT2D eigenvalue weighted by molar-refractivity contribution is 0.0378. The number of nitrogens with two attached hydrogens (primary N) is 1. The van der Waals surface area contributed by atoms with Gasteiger partial charge in [-0.05, 0) is 19.3 Å². The molecule has 112 valence electrons. The zero-order valence-corrected chi connectivity index (χ0v) is 11.9. The Balaban J connectivity index is 2.12. The largest absolute Gasteiger partial charge is 0.394 e. The number of aliphatic hydroxyl groups excluding tert-OH is 1. The smallest absolute Gasteiger partial charge is 0.223 e. The molecule has 0 amide bonds. The molecule has 0 radical (unpaired) electrons. The Labute approximate surface area is 118 Å². The molecular formula is C13H23N5O2. The van der Waals surface area contributed by atoms with Gasteiger partial charge in [0, 0.05) is 25.8 Å². The van der Waals surface area contributed by atoms with E-state index >= 15 is 0 Å². The van der Waals surface area contributed by atoms with Gasteiger partial charge < -0.3 is 26.2 Å². The van der Waals surface area contributed by atoms with Crippen LogP contribution in [0.25, 0.3) is 0 Å². The zero-order chi connectivity index (χ0) is 14.4. The van der Waals surface area contributed by atoms with Gasteiger partial charge >= 0.3 is 0 Å². The second kappa shape index (κ2) is 6.71. The standard InChI is InChI=1S/C13H23N5O2/c1-2-5-15-10-8-11(17-12(14)16-10)18-13(9-19)3-6-20-7-4-13/h8,19H,2-7,9H2,1H3,(H4,14,15,16,17,18). The third kappa shape index (κ3) is 3.71. The van der Waals surface area contributed by atoms with Crippen LogP contribution in [0.2, 0.25) is 0 Å². The summed E-state index contributed by atoms with van der Waals surface area (Å²) in [5.41, 5.74) is 5.34. The molecule has 0 unspecified atom stereocenters. The van der Waals surface area contributed by atoms with Gasteiger partial charge in [0.1, 0.15) is 11.6 Å². The lowest BCUT2D eigenvalue weighted by Gasteiger charge is -2.36. The first-order valence-electron chi connectivity index (χ1n) is 7.03. The van der Waals surface area contributed by atoms with Crippen molar-refractivity contribution in [3.05, 3.63) is 6.07 Å². The number of hydrogen-bond acceptors (Lipinski definition) is 7. The Bertz CT molecular complexity index is 435. The Morgan fingerprint density at radius 1 is 1.35 bits per heavy atom. The third-order valence-electron chi connectivity index (χ3n) is 3.45. The topological polar surface area (TPSA) is 105 Å². The van der Waals surface area contributed by atoms with Gasteiger partial charge in [0.25, 0.3) is 0 Å². The summed E-state index contributed by atoms with van der Waals surface area (Å²) in [6.45, 7) is 4.22. The molecule has 20 heavy (non-hydrogen) atoms. The summed E-state index contributed by atoms with van der Waals surface area (Å²) in [6.07, 6.45) is 2.49. The van der Waals surface area contributed by atoms with Gasteiger partial charge in [-0.2, -0.15) is 9.97 Å². The van der Waals surface area contributed by atoms with Crippen LogP contribution in [0.15, 0.2) is 6.07 Å². The van der Waals surface area contributed by atoms with Crippen LogP contribution in [0, 0.1) is 0 Å². The van der Waals surface area contributed by atoms with Crippen LogP contribution in [0.3, 0.4) is 0 Å². The number of rotatable bonds is 6. The molecule has 0 atom stereocenters. The molecule has 0 spiro atoms. The molecule has 0 aromatic carbocycles. The highest BCUT2D eigenvalue weighted by molar-refractivity contribution is 5.52. The summed E-state index contributed by atoms with van der Waals surface area (Å²) in [7, 11) is 0. The predicted molar refractivity (Wildman–Crippen MR) is 78.7 cm³/mol. The fourth-order valence-electron chi connectivity index (χ4n) is 2.23. The van der Waals surface area contributed by atoms with Crippen molar-refractivity contribution in [2.45, 2.75) is 31.7 Å². The van der Waals surface area contributed by atoms with Crippen molar-refractivity contribution in [3.8, 4) is 0 Å². The molecule has 5 N–H and O–H groups in total. The average Bonchev–Trinajstić information content (AvgIpc) is 2.45. The monoisotopic (exact) mass is 281 g/mol. The molecule has 1 aliphatic heterocycles. The van der Waals surface area contributed by atoms with Crippen LogP contribution in [0.1, 0.15) is 26.2 Å². The lowest BCUT2D eigenvalue weighted by atomic mass is 9.91. The number of aliphatic hydroxyl groups is 1. The summed E-state index contributed by atoms with van der Waals surface area (Å²) in [4.78, 5) is 8.33. The van der Waals surface area contributed by atoms with E-state index in [2.05, 4.69) is 27.5 Å². The van der Waals surface area contributed by atoms with Gasteiger partial charge in [0.15, 0.2) is 0 Å². The molecule has 2 heterocycles. The van der Waals surface area contributed by atoms with Crippen molar-refractivity contribution < 1.29 is 9.84 Å². The van der Waals surface area contributed by atoms with Crippen LogP contribution in [0.5, 0.6) is 0 Å². The highest BCUT2D eigenvalue weighted by Gasteiger charge is 2.32. The maximum Gasteiger partial charge on any atom is 0.223 e. The summed E-state index contributed by atoms with van der Waals surface area (Å²) in [5.74, 6) is 1.54. The minimum absolute atomic E-state index is 0.0397. The van der Waals surface area contributed by atoms with E-state index in [9.17, 15) is 5.11 Å². The first kappa shape index (κ1) is 14.8. The molecule has 1 aromatic heterocycles. The number of nitrogens with zero attached hydrogens (tertiary/aromatic N) is 2. The number of anilines is 3. The third-order valence-corrected chi connectivity index (χ3v) is 3.45. The van der Waals surface area contributed by atoms with Gasteiger partial charge in [-0.3, -0.25) is 0 Å². The lowest BCUT2D eigenvalue weighted by Crippen LogP contribution is -2.47. The van der Waals surface area contributed by atoms with Crippen molar-refractivity contribution in [2.75, 3.05) is 42.7 Å². The van der Waals surface area contributed by atoms with Gasteiger partial charge in [0.2, 0.25) is 5.95 Å². The molecule has 0 saturated carbocycles. The van der Waals surface area contributed by atoms with Gasteiger partial charge in [-0.1, -0.05) is 6.92 Å². The second-order valence-corrected chi connectivity index (χ2v) is 5.10. The van der Waals surface area contributed by atoms with Gasteiger partial charge in [-0.25, -0.2) is 0 Å². The molecule has 7 nitrogen and oxygen atoms in total. The number of nitrogen functional groups attached to an aromatic ring is 1. The predicted octanol–water partition coefficient (Wildman–Crippen LogP) is 0.834. The fraction of sp³-hybridized carbons (Fsp3) is 0.692. The minimum Gasteiger partial charge on any atom is -0.394 e. The maximum absolute atomic E-state index is 9.67. The highest BCUT2D eigenvalue weighted by Crippen LogP contribution is 2.26. The molecule has 2 rings (SSSR count). The van der Waals surface area contributed by atoms with E-state index in [1.807, 2.05) is 6.07 Å². The van der Waals surface area contributed by atoms with Crippen LogP contribution in [-0.2, 0) is 4.74 Å². The van der Waals surface area contributed by atoms with Crippen LogP contribution >= 0.6 is 0 Å². The molecular weight excluding hydrogens is 258 g/mol. The van der Waals surface area contributed by atoms with Crippen molar-refractivity contribution in [3.63, 3.8) is 0 Å². The van der Waals surface area contributed by atoms with Crippen molar-refractivity contribution in [1.29, 1.82) is 0 Å². The number of aromatic nitrogens is 2. The Kier molecular flexibility index (Phi) is 4.97. The Morgan fingerprint density at radius 2 is 2.05 bits per heavy atom. The zero-order valence-electron chi connectivity index (χ0n) is 11.9.